The van der Waals surface area contributed by atoms with Gasteiger partial charge >= 0.3 is 0 Å². The molecule has 28 heavy (non-hydrogen) atoms. The zero-order chi connectivity index (χ0) is 19.7. The Morgan fingerprint density at radius 1 is 0.929 bits per heavy atom. The maximum absolute atomic E-state index is 12.6. The van der Waals surface area contributed by atoms with Gasteiger partial charge in [0.05, 0.1) is 21.7 Å². The van der Waals surface area contributed by atoms with E-state index in [2.05, 4.69) is 15.3 Å². The lowest BCUT2D eigenvalue weighted by Crippen LogP contribution is -2.12. The SMILES string of the molecule is O=C(Nc1ccccc1Cl)c1ccc2nc(Cc3c(Cl)cccc3Cl)[nH]c2c1. The van der Waals surface area contributed by atoms with E-state index in [1.807, 2.05) is 6.07 Å². The molecule has 4 aromatic rings. The summed E-state index contributed by atoms with van der Waals surface area (Å²) in [6, 6.07) is 17.8. The third-order valence-electron chi connectivity index (χ3n) is 4.32. The van der Waals surface area contributed by atoms with Crippen molar-refractivity contribution in [2.75, 3.05) is 5.32 Å². The largest absolute Gasteiger partial charge is 0.342 e. The number of rotatable bonds is 4. The van der Waals surface area contributed by atoms with Gasteiger partial charge in [0.25, 0.3) is 5.91 Å². The minimum atomic E-state index is -0.250. The molecule has 4 rings (SSSR count). The van der Waals surface area contributed by atoms with Crippen LogP contribution in [0.3, 0.4) is 0 Å². The summed E-state index contributed by atoms with van der Waals surface area (Å²) in [6.07, 6.45) is 0.467. The van der Waals surface area contributed by atoms with Crippen LogP contribution in [0.25, 0.3) is 11.0 Å². The Morgan fingerprint density at radius 3 is 2.39 bits per heavy atom. The van der Waals surface area contributed by atoms with Crippen molar-refractivity contribution in [2.45, 2.75) is 6.42 Å². The third-order valence-corrected chi connectivity index (χ3v) is 5.36. The lowest BCUT2D eigenvalue weighted by Gasteiger charge is -2.06. The second-order valence-electron chi connectivity index (χ2n) is 6.23. The number of hydrogen-bond acceptors (Lipinski definition) is 2. The lowest BCUT2D eigenvalue weighted by molar-refractivity contribution is 0.102. The number of aromatic amines is 1. The Kier molecular flexibility index (Phi) is 5.27. The van der Waals surface area contributed by atoms with Crippen LogP contribution in [0.4, 0.5) is 5.69 Å². The summed E-state index contributed by atoms with van der Waals surface area (Å²) in [4.78, 5) is 20.4. The van der Waals surface area contributed by atoms with E-state index in [9.17, 15) is 4.79 Å². The van der Waals surface area contributed by atoms with Gasteiger partial charge in [0.2, 0.25) is 0 Å². The molecule has 0 fully saturated rings. The molecule has 7 heteroatoms. The summed E-state index contributed by atoms with van der Waals surface area (Å²) in [5, 5.41) is 4.48. The maximum atomic E-state index is 12.6. The summed E-state index contributed by atoms with van der Waals surface area (Å²) in [5.74, 6) is 0.467. The Hall–Kier alpha value is -2.53. The van der Waals surface area contributed by atoms with Crippen molar-refractivity contribution in [1.29, 1.82) is 0 Å². The smallest absolute Gasteiger partial charge is 0.255 e. The fourth-order valence-electron chi connectivity index (χ4n) is 2.91. The van der Waals surface area contributed by atoms with Crippen molar-refractivity contribution in [3.05, 3.63) is 92.7 Å². The molecule has 0 unspecified atom stereocenters. The first-order valence-corrected chi connectivity index (χ1v) is 9.62. The van der Waals surface area contributed by atoms with Crippen LogP contribution < -0.4 is 5.32 Å². The van der Waals surface area contributed by atoms with E-state index in [1.54, 1.807) is 54.6 Å². The summed E-state index contributed by atoms with van der Waals surface area (Å²) in [7, 11) is 0. The molecule has 140 valence electrons. The fourth-order valence-corrected chi connectivity index (χ4v) is 3.63. The minimum Gasteiger partial charge on any atom is -0.342 e. The highest BCUT2D eigenvalue weighted by molar-refractivity contribution is 6.36. The van der Waals surface area contributed by atoms with E-state index in [-0.39, 0.29) is 5.91 Å². The Morgan fingerprint density at radius 2 is 1.64 bits per heavy atom. The molecular formula is C21H14Cl3N3O. The molecule has 0 saturated heterocycles. The van der Waals surface area contributed by atoms with Crippen LogP contribution in [0.5, 0.6) is 0 Å². The third kappa shape index (κ3) is 3.85. The highest BCUT2D eigenvalue weighted by Gasteiger charge is 2.13. The molecule has 4 nitrogen and oxygen atoms in total. The van der Waals surface area contributed by atoms with Gasteiger partial charge in [-0.3, -0.25) is 4.79 Å². The number of amides is 1. The predicted octanol–water partition coefficient (Wildman–Crippen LogP) is 6.37. The van der Waals surface area contributed by atoms with Gasteiger partial charge in [-0.2, -0.15) is 0 Å². The number of carbonyl (C=O) groups excluding carboxylic acids is 1. The van der Waals surface area contributed by atoms with Crippen LogP contribution in [0.1, 0.15) is 21.7 Å². The van der Waals surface area contributed by atoms with Crippen LogP contribution >= 0.6 is 34.8 Å². The molecule has 1 amide bonds. The van der Waals surface area contributed by atoms with Crippen molar-refractivity contribution in [3.8, 4) is 0 Å². The van der Waals surface area contributed by atoms with Crippen molar-refractivity contribution in [2.24, 2.45) is 0 Å². The Bertz CT molecular complexity index is 1170. The van der Waals surface area contributed by atoms with Crippen LogP contribution in [-0.4, -0.2) is 15.9 Å². The number of hydrogen-bond donors (Lipinski definition) is 2. The number of halogens is 3. The first-order chi connectivity index (χ1) is 13.5. The standard InChI is InChI=1S/C21H14Cl3N3O/c22-14-5-3-6-15(23)13(14)11-20-25-18-9-8-12(10-19(18)26-20)21(28)27-17-7-2-1-4-16(17)24/h1-10H,11H2,(H,25,26)(H,27,28). The van der Waals surface area contributed by atoms with Gasteiger partial charge in [-0.05, 0) is 48.0 Å². The Balaban J connectivity index is 1.60. The molecule has 0 saturated carbocycles. The molecule has 0 atom stereocenters. The highest BCUT2D eigenvalue weighted by Crippen LogP contribution is 2.27. The molecule has 0 radical (unpaired) electrons. The van der Waals surface area contributed by atoms with Crippen molar-refractivity contribution in [3.63, 3.8) is 0 Å². The normalized spacial score (nSPS) is 11.0. The number of imidazole rings is 1. The highest BCUT2D eigenvalue weighted by atomic mass is 35.5. The van der Waals surface area contributed by atoms with E-state index in [0.717, 1.165) is 16.6 Å². The fraction of sp³-hybridized carbons (Fsp3) is 0.0476. The van der Waals surface area contributed by atoms with Crippen LogP contribution in [0.15, 0.2) is 60.7 Å². The Labute approximate surface area is 176 Å². The van der Waals surface area contributed by atoms with Crippen molar-refractivity contribution < 1.29 is 4.79 Å². The zero-order valence-electron chi connectivity index (χ0n) is 14.5. The monoisotopic (exact) mass is 429 g/mol. The molecule has 3 aromatic carbocycles. The van der Waals surface area contributed by atoms with Gasteiger partial charge in [-0.1, -0.05) is 53.0 Å². The van der Waals surface area contributed by atoms with E-state index in [4.69, 9.17) is 34.8 Å². The molecule has 0 bridgehead atoms. The molecular weight excluding hydrogens is 417 g/mol. The van der Waals surface area contributed by atoms with Crippen LogP contribution in [0.2, 0.25) is 15.1 Å². The second-order valence-corrected chi connectivity index (χ2v) is 7.45. The van der Waals surface area contributed by atoms with Crippen molar-refractivity contribution >= 4 is 57.4 Å². The number of nitrogens with zero attached hydrogens (tertiary/aromatic N) is 1. The zero-order valence-corrected chi connectivity index (χ0v) is 16.7. The van der Waals surface area contributed by atoms with Crippen LogP contribution in [0, 0.1) is 0 Å². The number of aromatic nitrogens is 2. The minimum absolute atomic E-state index is 0.250. The van der Waals surface area contributed by atoms with Gasteiger partial charge in [-0.25, -0.2) is 4.98 Å². The van der Waals surface area contributed by atoms with E-state index >= 15 is 0 Å². The summed E-state index contributed by atoms with van der Waals surface area (Å²) in [6.45, 7) is 0. The first kappa shape index (κ1) is 18.8. The summed E-state index contributed by atoms with van der Waals surface area (Å²) >= 11 is 18.6. The number of nitrogens with one attached hydrogen (secondary N) is 2. The number of H-pyrrole nitrogens is 1. The summed E-state index contributed by atoms with van der Waals surface area (Å²) < 4.78 is 0. The lowest BCUT2D eigenvalue weighted by atomic mass is 10.1. The summed E-state index contributed by atoms with van der Waals surface area (Å²) in [5.41, 5.74) is 3.38. The molecule has 1 aromatic heterocycles. The molecule has 1 heterocycles. The molecule has 0 aliphatic carbocycles. The number of para-hydroxylation sites is 1. The second kappa shape index (κ2) is 7.84. The number of carbonyl (C=O) groups is 1. The van der Waals surface area contributed by atoms with E-state index < -0.39 is 0 Å². The predicted molar refractivity (Wildman–Crippen MR) is 115 cm³/mol. The molecule has 0 aliphatic heterocycles. The van der Waals surface area contributed by atoms with E-state index in [1.165, 1.54) is 0 Å². The van der Waals surface area contributed by atoms with Gasteiger partial charge < -0.3 is 10.3 Å². The molecule has 0 spiro atoms. The number of benzene rings is 3. The van der Waals surface area contributed by atoms with Crippen LogP contribution in [-0.2, 0) is 6.42 Å². The molecule has 0 aliphatic rings. The topological polar surface area (TPSA) is 57.8 Å². The number of fused-ring (bicyclic) bond motifs is 1. The van der Waals surface area contributed by atoms with Gasteiger partial charge in [0.1, 0.15) is 5.82 Å². The van der Waals surface area contributed by atoms with Crippen molar-refractivity contribution in [1.82, 2.24) is 9.97 Å². The average Bonchev–Trinajstić information content (AvgIpc) is 3.08. The van der Waals surface area contributed by atoms with E-state index in [0.29, 0.717) is 38.6 Å². The van der Waals surface area contributed by atoms with Gasteiger partial charge in [0, 0.05) is 22.0 Å². The molecule has 2 N–H and O–H groups in total. The average molecular weight is 431 g/mol. The quantitative estimate of drug-likeness (QED) is 0.395. The maximum Gasteiger partial charge on any atom is 0.255 e. The first-order valence-electron chi connectivity index (χ1n) is 8.48. The van der Waals surface area contributed by atoms with Gasteiger partial charge in [0.15, 0.2) is 0 Å². The van der Waals surface area contributed by atoms with Gasteiger partial charge in [-0.15, -0.1) is 0 Å². The number of anilines is 1.